The minimum Gasteiger partial charge on any atom is -0.303 e. The zero-order valence-corrected chi connectivity index (χ0v) is 7.90. The summed E-state index contributed by atoms with van der Waals surface area (Å²) in [5, 5.41) is 0. The van der Waals surface area contributed by atoms with Crippen LogP contribution in [0.1, 0.15) is 26.2 Å². The van der Waals surface area contributed by atoms with Gasteiger partial charge in [0.2, 0.25) is 0 Å². The molecule has 13 heavy (non-hydrogen) atoms. The number of alkyl halides is 3. The van der Waals surface area contributed by atoms with Gasteiger partial charge in [-0.25, -0.2) is 0 Å². The summed E-state index contributed by atoms with van der Waals surface area (Å²) in [7, 11) is 0. The Bertz CT molecular complexity index is 155. The highest BCUT2D eigenvalue weighted by atomic mass is 19.4. The zero-order valence-electron chi connectivity index (χ0n) is 7.90. The molecule has 0 spiro atoms. The van der Waals surface area contributed by atoms with Gasteiger partial charge in [-0.1, -0.05) is 13.3 Å². The van der Waals surface area contributed by atoms with E-state index in [2.05, 4.69) is 6.92 Å². The second kappa shape index (κ2) is 4.31. The molecule has 4 heteroatoms. The number of nitrogens with zero attached hydrogens (tertiary/aromatic N) is 1. The number of rotatable bonds is 3. The molecule has 0 N–H and O–H groups in total. The van der Waals surface area contributed by atoms with Crippen molar-refractivity contribution in [1.82, 2.24) is 4.90 Å². The third kappa shape index (κ3) is 3.18. The minimum atomic E-state index is -3.99. The quantitative estimate of drug-likeness (QED) is 0.669. The lowest BCUT2D eigenvalue weighted by atomic mass is 10.1. The van der Waals surface area contributed by atoms with Crippen molar-refractivity contribution in [2.75, 3.05) is 19.6 Å². The van der Waals surface area contributed by atoms with Crippen LogP contribution < -0.4 is 0 Å². The fourth-order valence-electron chi connectivity index (χ4n) is 1.68. The molecular weight excluding hydrogens is 179 g/mol. The molecule has 1 heterocycles. The molecule has 0 aromatic rings. The smallest absolute Gasteiger partial charge is 0.303 e. The van der Waals surface area contributed by atoms with E-state index in [0.717, 1.165) is 19.4 Å². The van der Waals surface area contributed by atoms with E-state index in [4.69, 9.17) is 0 Å². The number of hydrogen-bond donors (Lipinski definition) is 0. The molecule has 1 nitrogen and oxygen atoms in total. The summed E-state index contributed by atoms with van der Waals surface area (Å²) in [4.78, 5) is 1.92. The average Bonchev–Trinajstić information content (AvgIpc) is 2.47. The molecule has 1 saturated heterocycles. The average molecular weight is 195 g/mol. The number of unbranched alkanes of at least 4 members (excludes halogenated alkanes) is 1. The first kappa shape index (κ1) is 10.8. The Balaban J connectivity index is 2.28. The Hall–Kier alpha value is -0.250. The van der Waals surface area contributed by atoms with Gasteiger partial charge in [0.05, 0.1) is 5.92 Å². The second-order valence-electron chi connectivity index (χ2n) is 3.68. The topological polar surface area (TPSA) is 3.24 Å². The maximum atomic E-state index is 12.2. The van der Waals surface area contributed by atoms with Gasteiger partial charge in [-0.2, -0.15) is 13.2 Å². The molecule has 0 radical (unpaired) electrons. The van der Waals surface area contributed by atoms with Gasteiger partial charge in [0.1, 0.15) is 0 Å². The van der Waals surface area contributed by atoms with Crippen LogP contribution in [0.3, 0.4) is 0 Å². The van der Waals surface area contributed by atoms with Crippen LogP contribution in [0.2, 0.25) is 0 Å². The van der Waals surface area contributed by atoms with Crippen molar-refractivity contribution in [3.8, 4) is 0 Å². The van der Waals surface area contributed by atoms with Crippen molar-refractivity contribution in [2.45, 2.75) is 32.4 Å². The van der Waals surface area contributed by atoms with Crippen molar-refractivity contribution >= 4 is 0 Å². The van der Waals surface area contributed by atoms with Gasteiger partial charge in [-0.15, -0.1) is 0 Å². The molecule has 0 amide bonds. The van der Waals surface area contributed by atoms with Gasteiger partial charge in [-0.3, -0.25) is 0 Å². The summed E-state index contributed by atoms with van der Waals surface area (Å²) in [6.07, 6.45) is -1.65. The molecule has 1 unspecified atom stereocenters. The largest absolute Gasteiger partial charge is 0.393 e. The third-order valence-corrected chi connectivity index (χ3v) is 2.56. The molecule has 1 rings (SSSR count). The summed E-state index contributed by atoms with van der Waals surface area (Å²) in [5.74, 6) is -1.08. The zero-order chi connectivity index (χ0) is 9.90. The minimum absolute atomic E-state index is 0.212. The van der Waals surface area contributed by atoms with Gasteiger partial charge < -0.3 is 4.90 Å². The van der Waals surface area contributed by atoms with E-state index in [1.54, 1.807) is 0 Å². The first-order valence-corrected chi connectivity index (χ1v) is 4.83. The van der Waals surface area contributed by atoms with E-state index >= 15 is 0 Å². The van der Waals surface area contributed by atoms with E-state index in [1.165, 1.54) is 0 Å². The van der Waals surface area contributed by atoms with Crippen LogP contribution in [-0.4, -0.2) is 30.7 Å². The van der Waals surface area contributed by atoms with Crippen LogP contribution >= 0.6 is 0 Å². The van der Waals surface area contributed by atoms with Crippen molar-refractivity contribution in [3.63, 3.8) is 0 Å². The first-order chi connectivity index (χ1) is 6.04. The molecule has 0 aromatic heterocycles. The Morgan fingerprint density at radius 3 is 2.54 bits per heavy atom. The van der Waals surface area contributed by atoms with Crippen LogP contribution in [0, 0.1) is 5.92 Å². The van der Waals surface area contributed by atoms with Gasteiger partial charge in [0, 0.05) is 6.54 Å². The van der Waals surface area contributed by atoms with Crippen molar-refractivity contribution < 1.29 is 13.2 Å². The number of hydrogen-bond acceptors (Lipinski definition) is 1. The highest BCUT2D eigenvalue weighted by Crippen LogP contribution is 2.33. The Labute approximate surface area is 76.9 Å². The fourth-order valence-corrected chi connectivity index (χ4v) is 1.68. The summed E-state index contributed by atoms with van der Waals surface area (Å²) in [6, 6.07) is 0. The SMILES string of the molecule is CCCCN1CCC(C(F)(F)F)C1. The van der Waals surface area contributed by atoms with Crippen molar-refractivity contribution in [2.24, 2.45) is 5.92 Å². The van der Waals surface area contributed by atoms with Crippen LogP contribution in [0.15, 0.2) is 0 Å². The summed E-state index contributed by atoms with van der Waals surface area (Å²) in [5.41, 5.74) is 0. The van der Waals surface area contributed by atoms with Crippen molar-refractivity contribution in [1.29, 1.82) is 0 Å². The van der Waals surface area contributed by atoms with E-state index in [0.29, 0.717) is 6.54 Å². The lowest BCUT2D eigenvalue weighted by molar-refractivity contribution is -0.170. The Kier molecular flexibility index (Phi) is 3.59. The highest BCUT2D eigenvalue weighted by molar-refractivity contribution is 4.80. The molecule has 1 aliphatic heterocycles. The monoisotopic (exact) mass is 195 g/mol. The maximum Gasteiger partial charge on any atom is 0.393 e. The Morgan fingerprint density at radius 1 is 1.38 bits per heavy atom. The predicted octanol–water partition coefficient (Wildman–Crippen LogP) is 2.67. The van der Waals surface area contributed by atoms with Crippen LogP contribution in [0.4, 0.5) is 13.2 Å². The first-order valence-electron chi connectivity index (χ1n) is 4.83. The van der Waals surface area contributed by atoms with Gasteiger partial charge in [0.25, 0.3) is 0 Å². The second-order valence-corrected chi connectivity index (χ2v) is 3.68. The van der Waals surface area contributed by atoms with E-state index in [-0.39, 0.29) is 13.0 Å². The van der Waals surface area contributed by atoms with E-state index < -0.39 is 12.1 Å². The summed E-state index contributed by atoms with van der Waals surface area (Å²) in [6.45, 7) is 3.70. The summed E-state index contributed by atoms with van der Waals surface area (Å²) >= 11 is 0. The predicted molar refractivity (Wildman–Crippen MR) is 45.5 cm³/mol. The lowest BCUT2D eigenvalue weighted by Crippen LogP contribution is -2.28. The number of halogens is 3. The van der Waals surface area contributed by atoms with E-state index in [9.17, 15) is 13.2 Å². The third-order valence-electron chi connectivity index (χ3n) is 2.56. The Morgan fingerprint density at radius 2 is 2.08 bits per heavy atom. The van der Waals surface area contributed by atoms with Gasteiger partial charge >= 0.3 is 6.18 Å². The fraction of sp³-hybridized carbons (Fsp3) is 1.00. The molecule has 1 atom stereocenters. The van der Waals surface area contributed by atoms with Crippen molar-refractivity contribution in [3.05, 3.63) is 0 Å². The van der Waals surface area contributed by atoms with Crippen LogP contribution in [-0.2, 0) is 0 Å². The normalized spacial score (nSPS) is 25.4. The van der Waals surface area contributed by atoms with Crippen LogP contribution in [0.25, 0.3) is 0 Å². The van der Waals surface area contributed by atoms with Gasteiger partial charge in [-0.05, 0) is 25.9 Å². The standard InChI is InChI=1S/C9H16F3N/c1-2-3-5-13-6-4-8(7-13)9(10,11)12/h8H,2-7H2,1H3. The molecule has 1 fully saturated rings. The lowest BCUT2D eigenvalue weighted by Gasteiger charge is -2.16. The molecule has 0 aromatic carbocycles. The van der Waals surface area contributed by atoms with Gasteiger partial charge in [0.15, 0.2) is 0 Å². The molecule has 0 saturated carbocycles. The molecule has 1 aliphatic rings. The maximum absolute atomic E-state index is 12.2. The van der Waals surface area contributed by atoms with Crippen LogP contribution in [0.5, 0.6) is 0 Å². The molecule has 78 valence electrons. The highest BCUT2D eigenvalue weighted by Gasteiger charge is 2.43. The molecule has 0 bridgehead atoms. The molecular formula is C9H16F3N. The van der Waals surface area contributed by atoms with E-state index in [1.807, 2.05) is 4.90 Å². The molecule has 0 aliphatic carbocycles. The number of likely N-dealkylation sites (tertiary alicyclic amines) is 1. The summed E-state index contributed by atoms with van der Waals surface area (Å²) < 4.78 is 36.7.